The Morgan fingerprint density at radius 1 is 0.970 bits per heavy atom. The standard InChI is InChI=1S/C24H26F3N3O3/c1-22(2,3)33-21(31)23(4,5)14-32-18-9-7-6-8-16(18)17-11-10-15(12-28-17)20-29-13-19(30-20)24(25,26)27/h6-13H,14H2,1-5H3,(H,29,30). The van der Waals surface area contributed by atoms with Gasteiger partial charge in [0.25, 0.3) is 0 Å². The number of esters is 1. The van der Waals surface area contributed by atoms with Gasteiger partial charge in [-0.3, -0.25) is 9.78 Å². The van der Waals surface area contributed by atoms with Crippen LogP contribution in [0, 0.1) is 5.41 Å². The fraction of sp³-hybridized carbons (Fsp3) is 0.375. The van der Waals surface area contributed by atoms with Crippen LogP contribution in [0.3, 0.4) is 0 Å². The van der Waals surface area contributed by atoms with E-state index in [4.69, 9.17) is 9.47 Å². The van der Waals surface area contributed by atoms with Crippen molar-refractivity contribution in [3.8, 4) is 28.4 Å². The van der Waals surface area contributed by atoms with Crippen molar-refractivity contribution in [2.75, 3.05) is 6.61 Å². The molecule has 1 N–H and O–H groups in total. The van der Waals surface area contributed by atoms with Crippen molar-refractivity contribution in [3.05, 3.63) is 54.5 Å². The maximum absolute atomic E-state index is 12.8. The minimum Gasteiger partial charge on any atom is -0.492 e. The topological polar surface area (TPSA) is 77.1 Å². The molecule has 0 saturated heterocycles. The van der Waals surface area contributed by atoms with Gasteiger partial charge in [0.05, 0.1) is 17.3 Å². The lowest BCUT2D eigenvalue weighted by Crippen LogP contribution is -2.37. The van der Waals surface area contributed by atoms with Gasteiger partial charge in [0.2, 0.25) is 0 Å². The minimum atomic E-state index is -4.50. The molecule has 0 radical (unpaired) electrons. The predicted octanol–water partition coefficient (Wildman–Crippen LogP) is 5.90. The summed E-state index contributed by atoms with van der Waals surface area (Å²) >= 11 is 0. The summed E-state index contributed by atoms with van der Waals surface area (Å²) in [7, 11) is 0. The Balaban J connectivity index is 1.78. The van der Waals surface area contributed by atoms with Crippen LogP contribution in [0.25, 0.3) is 22.6 Å². The smallest absolute Gasteiger partial charge is 0.432 e. The monoisotopic (exact) mass is 461 g/mol. The number of hydrogen-bond donors (Lipinski definition) is 1. The number of nitrogens with one attached hydrogen (secondary N) is 1. The van der Waals surface area contributed by atoms with Gasteiger partial charge in [-0.05, 0) is 58.9 Å². The summed E-state index contributed by atoms with van der Waals surface area (Å²) in [6.07, 6.45) is -2.31. The summed E-state index contributed by atoms with van der Waals surface area (Å²) in [5.74, 6) is 0.225. The molecule has 0 bridgehead atoms. The van der Waals surface area contributed by atoms with Crippen molar-refractivity contribution < 1.29 is 27.4 Å². The van der Waals surface area contributed by atoms with E-state index < -0.39 is 22.9 Å². The van der Waals surface area contributed by atoms with Crippen molar-refractivity contribution in [3.63, 3.8) is 0 Å². The van der Waals surface area contributed by atoms with E-state index in [9.17, 15) is 18.0 Å². The van der Waals surface area contributed by atoms with Crippen molar-refractivity contribution in [1.82, 2.24) is 15.0 Å². The lowest BCUT2D eigenvalue weighted by molar-refractivity contribution is -0.167. The molecule has 0 atom stereocenters. The van der Waals surface area contributed by atoms with E-state index in [2.05, 4.69) is 15.0 Å². The summed E-state index contributed by atoms with van der Waals surface area (Å²) in [5, 5.41) is 0. The van der Waals surface area contributed by atoms with Crippen LogP contribution in [-0.2, 0) is 15.7 Å². The number of benzene rings is 1. The Morgan fingerprint density at radius 2 is 1.67 bits per heavy atom. The first kappa shape index (κ1) is 24.3. The van der Waals surface area contributed by atoms with Crippen LogP contribution >= 0.6 is 0 Å². The predicted molar refractivity (Wildman–Crippen MR) is 117 cm³/mol. The number of carbonyl (C=O) groups is 1. The van der Waals surface area contributed by atoms with E-state index in [1.165, 1.54) is 6.20 Å². The largest absolute Gasteiger partial charge is 0.492 e. The van der Waals surface area contributed by atoms with E-state index in [0.717, 1.165) is 6.20 Å². The zero-order valence-electron chi connectivity index (χ0n) is 19.1. The van der Waals surface area contributed by atoms with Crippen LogP contribution in [0.15, 0.2) is 48.8 Å². The van der Waals surface area contributed by atoms with Crippen LogP contribution in [-0.4, -0.2) is 33.1 Å². The highest BCUT2D eigenvalue weighted by atomic mass is 19.4. The fourth-order valence-corrected chi connectivity index (χ4v) is 2.84. The van der Waals surface area contributed by atoms with Crippen molar-refractivity contribution in [2.45, 2.75) is 46.4 Å². The minimum absolute atomic E-state index is 0.0741. The van der Waals surface area contributed by atoms with Gasteiger partial charge in [-0.1, -0.05) is 12.1 Å². The first-order valence-electron chi connectivity index (χ1n) is 10.3. The normalized spacial score (nSPS) is 12.5. The molecule has 3 rings (SSSR count). The second kappa shape index (κ2) is 8.88. The molecule has 2 aromatic heterocycles. The lowest BCUT2D eigenvalue weighted by atomic mass is 9.94. The number of aromatic amines is 1. The molecule has 9 heteroatoms. The third-order valence-corrected chi connectivity index (χ3v) is 4.62. The molecular formula is C24H26F3N3O3. The number of halogens is 3. The Hall–Kier alpha value is -3.36. The molecule has 176 valence electrons. The van der Waals surface area contributed by atoms with E-state index >= 15 is 0 Å². The molecule has 0 spiro atoms. The number of aromatic nitrogens is 3. The average Bonchev–Trinajstić information content (AvgIpc) is 3.22. The second-order valence-corrected chi connectivity index (χ2v) is 9.25. The van der Waals surface area contributed by atoms with E-state index in [-0.39, 0.29) is 18.4 Å². The molecule has 6 nitrogen and oxygen atoms in total. The second-order valence-electron chi connectivity index (χ2n) is 9.25. The van der Waals surface area contributed by atoms with E-state index in [1.54, 1.807) is 58.9 Å². The molecule has 0 unspecified atom stereocenters. The maximum atomic E-state index is 12.8. The van der Waals surface area contributed by atoms with Crippen molar-refractivity contribution >= 4 is 5.97 Å². The number of ether oxygens (including phenoxy) is 2. The number of para-hydroxylation sites is 1. The fourth-order valence-electron chi connectivity index (χ4n) is 2.84. The van der Waals surface area contributed by atoms with E-state index in [0.29, 0.717) is 22.6 Å². The molecular weight excluding hydrogens is 435 g/mol. The van der Waals surface area contributed by atoms with Gasteiger partial charge in [0, 0.05) is 17.3 Å². The number of H-pyrrole nitrogens is 1. The number of imidazole rings is 1. The number of alkyl halides is 3. The van der Waals surface area contributed by atoms with Gasteiger partial charge in [-0.15, -0.1) is 0 Å². The van der Waals surface area contributed by atoms with Gasteiger partial charge in [-0.2, -0.15) is 13.2 Å². The SMILES string of the molecule is CC(C)(C)OC(=O)C(C)(C)COc1ccccc1-c1ccc(-c2ncc(C(F)(F)F)[nH]2)cn1. The third kappa shape index (κ3) is 6.12. The molecule has 0 aliphatic rings. The molecule has 0 saturated carbocycles. The summed E-state index contributed by atoms with van der Waals surface area (Å²) in [5.41, 5.74) is -0.752. The number of pyridine rings is 1. The number of nitrogens with zero attached hydrogens (tertiary/aromatic N) is 2. The average molecular weight is 461 g/mol. The van der Waals surface area contributed by atoms with E-state index in [1.807, 2.05) is 12.1 Å². The van der Waals surface area contributed by atoms with Crippen LogP contribution in [0.2, 0.25) is 0 Å². The molecule has 0 amide bonds. The Bertz CT molecular complexity index is 1110. The molecule has 33 heavy (non-hydrogen) atoms. The van der Waals surface area contributed by atoms with Crippen LogP contribution in [0.5, 0.6) is 5.75 Å². The van der Waals surface area contributed by atoms with Crippen LogP contribution < -0.4 is 4.74 Å². The molecule has 2 heterocycles. The summed E-state index contributed by atoms with van der Waals surface area (Å²) in [4.78, 5) is 22.9. The van der Waals surface area contributed by atoms with Gasteiger partial charge >= 0.3 is 12.1 Å². The Kier molecular flexibility index (Phi) is 6.53. The Labute approximate surface area is 190 Å². The quantitative estimate of drug-likeness (QED) is 0.462. The summed E-state index contributed by atoms with van der Waals surface area (Å²) in [6.45, 7) is 8.99. The van der Waals surface area contributed by atoms with Crippen molar-refractivity contribution in [2.24, 2.45) is 5.41 Å². The molecule has 0 aliphatic heterocycles. The van der Waals surface area contributed by atoms with Crippen LogP contribution in [0.4, 0.5) is 13.2 Å². The van der Waals surface area contributed by atoms with Gasteiger partial charge in [0.15, 0.2) is 0 Å². The lowest BCUT2D eigenvalue weighted by Gasteiger charge is -2.28. The highest BCUT2D eigenvalue weighted by molar-refractivity contribution is 5.76. The number of carbonyl (C=O) groups excluding carboxylic acids is 1. The first-order valence-corrected chi connectivity index (χ1v) is 10.3. The molecule has 3 aromatic rings. The molecule has 0 fully saturated rings. The van der Waals surface area contributed by atoms with Gasteiger partial charge in [0.1, 0.15) is 29.5 Å². The molecule has 1 aromatic carbocycles. The van der Waals surface area contributed by atoms with Crippen molar-refractivity contribution in [1.29, 1.82) is 0 Å². The summed E-state index contributed by atoms with van der Waals surface area (Å²) < 4.78 is 49.8. The zero-order valence-corrected chi connectivity index (χ0v) is 19.1. The maximum Gasteiger partial charge on any atom is 0.432 e. The number of rotatable bonds is 6. The third-order valence-electron chi connectivity index (χ3n) is 4.62. The van der Waals surface area contributed by atoms with Gasteiger partial charge in [-0.25, -0.2) is 4.98 Å². The first-order chi connectivity index (χ1) is 15.3. The zero-order chi connectivity index (χ0) is 24.4. The highest BCUT2D eigenvalue weighted by Crippen LogP contribution is 2.32. The highest BCUT2D eigenvalue weighted by Gasteiger charge is 2.34. The van der Waals surface area contributed by atoms with Crippen LogP contribution in [0.1, 0.15) is 40.3 Å². The summed E-state index contributed by atoms with van der Waals surface area (Å²) in [6, 6.07) is 10.5. The molecule has 0 aliphatic carbocycles. The number of hydrogen-bond acceptors (Lipinski definition) is 5. The Morgan fingerprint density at radius 3 is 2.24 bits per heavy atom. The van der Waals surface area contributed by atoms with Gasteiger partial charge < -0.3 is 14.5 Å².